The standard InChI is InChI=1S/C11H13NO6S/c13-10(8-3-4-9(18-8)11(14)15)12-6-7-2-1-5-19(7,16)17/h3-4,7H,1-2,5-6H2,(H,12,13)(H,14,15). The molecule has 2 N–H and O–H groups in total. The average molecular weight is 287 g/mol. The number of aromatic carboxylic acids is 1. The summed E-state index contributed by atoms with van der Waals surface area (Å²) in [6, 6.07) is 2.41. The molecular formula is C11H13NO6S. The number of hydrogen-bond donors (Lipinski definition) is 2. The van der Waals surface area contributed by atoms with Gasteiger partial charge in [-0.1, -0.05) is 0 Å². The van der Waals surface area contributed by atoms with Crippen LogP contribution in [0, 0.1) is 0 Å². The van der Waals surface area contributed by atoms with E-state index in [1.54, 1.807) is 0 Å². The topological polar surface area (TPSA) is 114 Å². The Bertz CT molecular complexity index is 602. The highest BCUT2D eigenvalue weighted by Gasteiger charge is 2.31. The number of carbonyl (C=O) groups excluding carboxylic acids is 1. The van der Waals surface area contributed by atoms with E-state index in [0.717, 1.165) is 0 Å². The first-order chi connectivity index (χ1) is 8.90. The maximum atomic E-state index is 11.7. The molecule has 2 rings (SSSR count). The van der Waals surface area contributed by atoms with Crippen molar-refractivity contribution in [2.75, 3.05) is 12.3 Å². The van der Waals surface area contributed by atoms with E-state index in [2.05, 4.69) is 5.32 Å². The van der Waals surface area contributed by atoms with Crippen LogP contribution in [0.25, 0.3) is 0 Å². The van der Waals surface area contributed by atoms with Gasteiger partial charge in [-0.25, -0.2) is 13.2 Å². The molecule has 1 aromatic heterocycles. The summed E-state index contributed by atoms with van der Waals surface area (Å²) in [5.41, 5.74) is 0. The van der Waals surface area contributed by atoms with Crippen molar-refractivity contribution in [3.05, 3.63) is 23.7 Å². The minimum atomic E-state index is -3.11. The molecule has 1 amide bonds. The number of amides is 1. The first kappa shape index (κ1) is 13.6. The van der Waals surface area contributed by atoms with Crippen molar-refractivity contribution in [2.24, 2.45) is 0 Å². The number of nitrogens with one attached hydrogen (secondary N) is 1. The van der Waals surface area contributed by atoms with Gasteiger partial charge in [0.05, 0.1) is 11.0 Å². The molecule has 7 nitrogen and oxygen atoms in total. The monoisotopic (exact) mass is 287 g/mol. The van der Waals surface area contributed by atoms with Crippen molar-refractivity contribution in [3.63, 3.8) is 0 Å². The predicted molar refractivity (Wildman–Crippen MR) is 64.8 cm³/mol. The van der Waals surface area contributed by atoms with Gasteiger partial charge in [-0.3, -0.25) is 4.79 Å². The fourth-order valence-electron chi connectivity index (χ4n) is 1.96. The number of rotatable bonds is 4. The van der Waals surface area contributed by atoms with Crippen molar-refractivity contribution in [1.29, 1.82) is 0 Å². The van der Waals surface area contributed by atoms with Crippen molar-refractivity contribution in [1.82, 2.24) is 5.32 Å². The van der Waals surface area contributed by atoms with Crippen LogP contribution >= 0.6 is 0 Å². The molecule has 1 aromatic rings. The Balaban J connectivity index is 1.96. The molecule has 1 aliphatic heterocycles. The smallest absolute Gasteiger partial charge is 0.371 e. The summed E-state index contributed by atoms with van der Waals surface area (Å²) in [6.07, 6.45) is 1.13. The Morgan fingerprint density at radius 1 is 1.37 bits per heavy atom. The van der Waals surface area contributed by atoms with Gasteiger partial charge in [0, 0.05) is 6.54 Å². The van der Waals surface area contributed by atoms with Crippen LogP contribution in [0.2, 0.25) is 0 Å². The van der Waals surface area contributed by atoms with Crippen LogP contribution in [-0.4, -0.2) is 42.9 Å². The number of sulfone groups is 1. The zero-order valence-corrected chi connectivity index (χ0v) is 10.8. The van der Waals surface area contributed by atoms with Gasteiger partial charge in [-0.05, 0) is 25.0 Å². The fourth-order valence-corrected chi connectivity index (χ4v) is 3.72. The normalized spacial score (nSPS) is 21.2. The van der Waals surface area contributed by atoms with Crippen molar-refractivity contribution >= 4 is 21.7 Å². The molecule has 1 fully saturated rings. The van der Waals surface area contributed by atoms with Gasteiger partial charge >= 0.3 is 5.97 Å². The first-order valence-corrected chi connectivity index (χ1v) is 7.44. The van der Waals surface area contributed by atoms with Crippen LogP contribution in [0.5, 0.6) is 0 Å². The largest absolute Gasteiger partial charge is 0.475 e. The third-order valence-electron chi connectivity index (χ3n) is 2.99. The van der Waals surface area contributed by atoms with Gasteiger partial charge in [-0.15, -0.1) is 0 Å². The van der Waals surface area contributed by atoms with E-state index in [4.69, 9.17) is 9.52 Å². The quantitative estimate of drug-likeness (QED) is 0.822. The molecule has 0 spiro atoms. The number of carbonyl (C=O) groups is 2. The van der Waals surface area contributed by atoms with Gasteiger partial charge in [0.15, 0.2) is 15.6 Å². The van der Waals surface area contributed by atoms with E-state index in [-0.39, 0.29) is 23.8 Å². The van der Waals surface area contributed by atoms with Gasteiger partial charge in [0.1, 0.15) is 0 Å². The molecule has 2 heterocycles. The van der Waals surface area contributed by atoms with E-state index in [9.17, 15) is 18.0 Å². The Kier molecular flexibility index (Phi) is 3.61. The van der Waals surface area contributed by atoms with Crippen LogP contribution in [-0.2, 0) is 9.84 Å². The van der Waals surface area contributed by atoms with Crippen LogP contribution in [0.1, 0.15) is 34.0 Å². The maximum Gasteiger partial charge on any atom is 0.371 e. The molecule has 19 heavy (non-hydrogen) atoms. The fraction of sp³-hybridized carbons (Fsp3) is 0.455. The summed E-state index contributed by atoms with van der Waals surface area (Å²) < 4.78 is 27.9. The molecule has 1 atom stereocenters. The molecular weight excluding hydrogens is 274 g/mol. The summed E-state index contributed by atoms with van der Waals surface area (Å²) in [5, 5.41) is 10.5. The van der Waals surface area contributed by atoms with E-state index in [1.165, 1.54) is 12.1 Å². The second-order valence-corrected chi connectivity index (χ2v) is 6.71. The lowest BCUT2D eigenvalue weighted by Gasteiger charge is -2.09. The highest BCUT2D eigenvalue weighted by molar-refractivity contribution is 7.92. The SMILES string of the molecule is O=C(O)c1ccc(C(=O)NCC2CCCS2(=O)=O)o1. The molecule has 0 radical (unpaired) electrons. The average Bonchev–Trinajstić information content (AvgIpc) is 2.92. The Hall–Kier alpha value is -1.83. The third-order valence-corrected chi connectivity index (χ3v) is 5.27. The summed E-state index contributed by atoms with van der Waals surface area (Å²) >= 11 is 0. The Morgan fingerprint density at radius 2 is 2.05 bits per heavy atom. The van der Waals surface area contributed by atoms with Crippen molar-refractivity contribution < 1.29 is 27.5 Å². The molecule has 8 heteroatoms. The molecule has 1 unspecified atom stereocenters. The number of furan rings is 1. The number of carboxylic acids is 1. The Morgan fingerprint density at radius 3 is 2.58 bits per heavy atom. The molecule has 104 valence electrons. The zero-order valence-electron chi connectivity index (χ0n) is 9.96. The highest BCUT2D eigenvalue weighted by Crippen LogP contribution is 2.19. The number of carboxylic acid groups (broad SMARTS) is 1. The molecule has 0 aromatic carbocycles. The molecule has 0 saturated carbocycles. The van der Waals surface area contributed by atoms with E-state index < -0.39 is 27.0 Å². The van der Waals surface area contributed by atoms with E-state index >= 15 is 0 Å². The molecule has 0 aliphatic carbocycles. The lowest BCUT2D eigenvalue weighted by molar-refractivity contribution is 0.0659. The summed E-state index contributed by atoms with van der Waals surface area (Å²) in [5.74, 6) is -2.21. The lowest BCUT2D eigenvalue weighted by Crippen LogP contribution is -2.34. The highest BCUT2D eigenvalue weighted by atomic mass is 32.2. The van der Waals surface area contributed by atoms with Crippen LogP contribution in [0.15, 0.2) is 16.5 Å². The second-order valence-electron chi connectivity index (χ2n) is 4.31. The molecule has 1 saturated heterocycles. The molecule has 1 aliphatic rings. The Labute approximate surface area is 109 Å². The van der Waals surface area contributed by atoms with Crippen molar-refractivity contribution in [3.8, 4) is 0 Å². The molecule has 0 bridgehead atoms. The van der Waals surface area contributed by atoms with Gasteiger partial charge in [0.25, 0.3) is 5.91 Å². The number of hydrogen-bond acceptors (Lipinski definition) is 5. The van der Waals surface area contributed by atoms with E-state index in [1.807, 2.05) is 0 Å². The van der Waals surface area contributed by atoms with Gasteiger partial charge in [0.2, 0.25) is 5.76 Å². The summed E-state index contributed by atoms with van der Waals surface area (Å²) in [7, 11) is -3.11. The summed E-state index contributed by atoms with van der Waals surface area (Å²) in [4.78, 5) is 22.2. The lowest BCUT2D eigenvalue weighted by atomic mass is 10.2. The van der Waals surface area contributed by atoms with E-state index in [0.29, 0.717) is 12.8 Å². The summed E-state index contributed by atoms with van der Waals surface area (Å²) in [6.45, 7) is 0.0181. The van der Waals surface area contributed by atoms with Crippen molar-refractivity contribution in [2.45, 2.75) is 18.1 Å². The van der Waals surface area contributed by atoms with Crippen LogP contribution < -0.4 is 5.32 Å². The first-order valence-electron chi connectivity index (χ1n) is 5.73. The van der Waals surface area contributed by atoms with Crippen LogP contribution in [0.3, 0.4) is 0 Å². The predicted octanol–water partition coefficient (Wildman–Crippen LogP) is 0.285. The van der Waals surface area contributed by atoms with Crippen LogP contribution in [0.4, 0.5) is 0 Å². The maximum absolute atomic E-state index is 11.7. The zero-order chi connectivity index (χ0) is 14.0. The minimum absolute atomic E-state index is 0.0181. The van der Waals surface area contributed by atoms with Gasteiger partial charge < -0.3 is 14.8 Å². The third kappa shape index (κ3) is 2.95. The minimum Gasteiger partial charge on any atom is -0.475 e. The second kappa shape index (κ2) is 5.04. The van der Waals surface area contributed by atoms with Gasteiger partial charge in [-0.2, -0.15) is 0 Å².